The maximum Gasteiger partial charge on any atom is 0.194 e. The molecule has 23 heavy (non-hydrogen) atoms. The minimum Gasteiger partial charge on any atom is -0.378 e. The zero-order valence-electron chi connectivity index (χ0n) is 14.0. The van der Waals surface area contributed by atoms with Gasteiger partial charge in [0.05, 0.1) is 6.10 Å². The van der Waals surface area contributed by atoms with E-state index in [4.69, 9.17) is 9.73 Å². The van der Waals surface area contributed by atoms with Crippen LogP contribution in [0.5, 0.6) is 0 Å². The predicted molar refractivity (Wildman–Crippen MR) is 106 cm³/mol. The summed E-state index contributed by atoms with van der Waals surface area (Å²) in [6.45, 7) is 6.83. The van der Waals surface area contributed by atoms with E-state index in [2.05, 4.69) is 41.4 Å². The van der Waals surface area contributed by atoms with Crippen LogP contribution in [0.3, 0.4) is 0 Å². The lowest BCUT2D eigenvalue weighted by molar-refractivity contribution is 0.106. The molecule has 3 rings (SSSR count). The number of fused-ring (bicyclic) bond motifs is 1. The van der Waals surface area contributed by atoms with Gasteiger partial charge in [0.2, 0.25) is 0 Å². The smallest absolute Gasteiger partial charge is 0.194 e. The molecule has 0 bridgehead atoms. The van der Waals surface area contributed by atoms with Crippen LogP contribution in [0, 0.1) is 0 Å². The fourth-order valence-corrected chi connectivity index (χ4v) is 3.29. The summed E-state index contributed by atoms with van der Waals surface area (Å²) in [4.78, 5) is 7.20. The Morgan fingerprint density at radius 3 is 2.91 bits per heavy atom. The third-order valence-electron chi connectivity index (χ3n) is 4.50. The van der Waals surface area contributed by atoms with Gasteiger partial charge < -0.3 is 15.0 Å². The van der Waals surface area contributed by atoms with Crippen molar-refractivity contribution in [3.8, 4) is 0 Å². The van der Waals surface area contributed by atoms with Gasteiger partial charge in [0.1, 0.15) is 0 Å². The van der Waals surface area contributed by atoms with Crippen molar-refractivity contribution in [2.75, 3.05) is 26.2 Å². The second kappa shape index (κ2) is 9.47. The van der Waals surface area contributed by atoms with E-state index in [1.54, 1.807) is 0 Å². The second-order valence-electron chi connectivity index (χ2n) is 6.10. The average molecular weight is 429 g/mol. The molecule has 1 saturated heterocycles. The van der Waals surface area contributed by atoms with Crippen molar-refractivity contribution >= 4 is 29.9 Å². The highest BCUT2D eigenvalue weighted by atomic mass is 127. The van der Waals surface area contributed by atoms with Crippen LogP contribution >= 0.6 is 24.0 Å². The molecule has 1 aromatic rings. The third kappa shape index (κ3) is 5.08. The summed E-state index contributed by atoms with van der Waals surface area (Å²) in [5.74, 6) is 1.05. The summed E-state index contributed by atoms with van der Waals surface area (Å²) in [5.41, 5.74) is 2.91. The maximum atomic E-state index is 5.68. The number of benzene rings is 1. The zero-order chi connectivity index (χ0) is 15.2. The van der Waals surface area contributed by atoms with E-state index in [0.29, 0.717) is 6.10 Å². The van der Waals surface area contributed by atoms with Crippen molar-refractivity contribution in [3.05, 3.63) is 35.4 Å². The molecule has 1 unspecified atom stereocenters. The summed E-state index contributed by atoms with van der Waals surface area (Å²) in [6, 6.07) is 8.74. The molecular weight excluding hydrogens is 401 g/mol. The van der Waals surface area contributed by atoms with Crippen molar-refractivity contribution in [1.29, 1.82) is 0 Å². The van der Waals surface area contributed by atoms with E-state index in [1.807, 2.05) is 0 Å². The first-order valence-corrected chi connectivity index (χ1v) is 8.58. The number of nitrogens with one attached hydrogen (secondary N) is 1. The highest BCUT2D eigenvalue weighted by molar-refractivity contribution is 14.0. The van der Waals surface area contributed by atoms with Crippen molar-refractivity contribution in [2.24, 2.45) is 4.99 Å². The predicted octanol–water partition coefficient (Wildman–Crippen LogP) is 3.20. The van der Waals surface area contributed by atoms with E-state index >= 15 is 0 Å². The lowest BCUT2D eigenvalue weighted by Gasteiger charge is -2.31. The second-order valence-corrected chi connectivity index (χ2v) is 6.10. The first-order chi connectivity index (χ1) is 10.9. The van der Waals surface area contributed by atoms with Crippen LogP contribution in [0.15, 0.2) is 29.3 Å². The number of guanidine groups is 1. The summed E-state index contributed by atoms with van der Waals surface area (Å²) in [6.07, 6.45) is 4.97. The number of nitrogens with zero attached hydrogens (tertiary/aromatic N) is 2. The van der Waals surface area contributed by atoms with E-state index in [-0.39, 0.29) is 24.0 Å². The van der Waals surface area contributed by atoms with Gasteiger partial charge in [-0.05, 0) is 43.7 Å². The minimum atomic E-state index is 0. The van der Waals surface area contributed by atoms with Gasteiger partial charge >= 0.3 is 0 Å². The molecule has 4 nitrogen and oxygen atoms in total. The molecule has 0 aliphatic carbocycles. The van der Waals surface area contributed by atoms with Crippen molar-refractivity contribution < 1.29 is 4.74 Å². The van der Waals surface area contributed by atoms with Crippen LogP contribution in [0.2, 0.25) is 0 Å². The number of hydrogen-bond donors (Lipinski definition) is 1. The SMILES string of the molecule is CCNC(=NCCC1CCCO1)N1CCc2ccccc2C1.I. The number of rotatable bonds is 4. The molecule has 2 aliphatic rings. The molecular formula is C18H28IN3O. The largest absolute Gasteiger partial charge is 0.378 e. The lowest BCUT2D eigenvalue weighted by Crippen LogP contribution is -2.44. The van der Waals surface area contributed by atoms with Gasteiger partial charge in [-0.2, -0.15) is 0 Å². The van der Waals surface area contributed by atoms with Gasteiger partial charge in [-0.15, -0.1) is 24.0 Å². The van der Waals surface area contributed by atoms with E-state index in [9.17, 15) is 0 Å². The van der Waals surface area contributed by atoms with Crippen LogP contribution in [-0.4, -0.2) is 43.2 Å². The molecule has 2 aliphatic heterocycles. The molecule has 0 aromatic heterocycles. The average Bonchev–Trinajstić information content (AvgIpc) is 3.07. The number of hydrogen-bond acceptors (Lipinski definition) is 2. The van der Waals surface area contributed by atoms with Crippen molar-refractivity contribution in [1.82, 2.24) is 10.2 Å². The number of aliphatic imine (C=N–C) groups is 1. The van der Waals surface area contributed by atoms with E-state index < -0.39 is 0 Å². The van der Waals surface area contributed by atoms with Gasteiger partial charge in [0.25, 0.3) is 0 Å². The van der Waals surface area contributed by atoms with Gasteiger partial charge in [0, 0.05) is 32.8 Å². The number of ether oxygens (including phenoxy) is 1. The molecule has 0 spiro atoms. The van der Waals surface area contributed by atoms with Crippen molar-refractivity contribution in [2.45, 2.75) is 45.3 Å². The quantitative estimate of drug-likeness (QED) is 0.454. The molecule has 0 amide bonds. The van der Waals surface area contributed by atoms with Crippen LogP contribution in [0.1, 0.15) is 37.3 Å². The van der Waals surface area contributed by atoms with E-state index in [0.717, 1.165) is 51.6 Å². The minimum absolute atomic E-state index is 0. The Morgan fingerprint density at radius 1 is 1.35 bits per heavy atom. The third-order valence-corrected chi connectivity index (χ3v) is 4.50. The topological polar surface area (TPSA) is 36.9 Å². The summed E-state index contributed by atoms with van der Waals surface area (Å²) < 4.78 is 5.68. The Bertz CT molecular complexity index is 515. The molecule has 1 N–H and O–H groups in total. The van der Waals surface area contributed by atoms with E-state index in [1.165, 1.54) is 24.0 Å². The lowest BCUT2D eigenvalue weighted by atomic mass is 10.0. The van der Waals surface area contributed by atoms with Crippen molar-refractivity contribution in [3.63, 3.8) is 0 Å². The van der Waals surface area contributed by atoms with Crippen LogP contribution in [-0.2, 0) is 17.7 Å². The van der Waals surface area contributed by atoms with Gasteiger partial charge in [-0.1, -0.05) is 24.3 Å². The van der Waals surface area contributed by atoms with Crippen LogP contribution in [0.4, 0.5) is 0 Å². The standard InChI is InChI=1S/C18H27N3O.HI/c1-2-19-18(20-11-9-17-8-5-13-22-17)21-12-10-15-6-3-4-7-16(15)14-21;/h3-4,6-7,17H,2,5,8-14H2,1H3,(H,19,20);1H. The Balaban J connectivity index is 0.00000192. The highest BCUT2D eigenvalue weighted by Crippen LogP contribution is 2.19. The molecule has 128 valence electrons. The molecule has 2 heterocycles. The number of halogens is 1. The fraction of sp³-hybridized carbons (Fsp3) is 0.611. The Morgan fingerprint density at radius 2 is 2.17 bits per heavy atom. The van der Waals surface area contributed by atoms with Gasteiger partial charge in [-0.25, -0.2) is 0 Å². The highest BCUT2D eigenvalue weighted by Gasteiger charge is 2.19. The summed E-state index contributed by atoms with van der Waals surface area (Å²) in [5, 5.41) is 3.44. The van der Waals surface area contributed by atoms with Gasteiger partial charge in [0.15, 0.2) is 5.96 Å². The maximum absolute atomic E-state index is 5.68. The molecule has 0 radical (unpaired) electrons. The molecule has 1 atom stereocenters. The molecule has 1 fully saturated rings. The molecule has 0 saturated carbocycles. The summed E-state index contributed by atoms with van der Waals surface area (Å²) >= 11 is 0. The molecule has 5 heteroatoms. The Labute approximate surface area is 156 Å². The Hall–Kier alpha value is -0.820. The Kier molecular flexibility index (Phi) is 7.62. The van der Waals surface area contributed by atoms with Gasteiger partial charge in [-0.3, -0.25) is 4.99 Å². The zero-order valence-corrected chi connectivity index (χ0v) is 16.3. The molecule has 1 aromatic carbocycles. The fourth-order valence-electron chi connectivity index (χ4n) is 3.29. The van der Waals surface area contributed by atoms with Crippen LogP contribution < -0.4 is 5.32 Å². The normalized spacial score (nSPS) is 20.8. The summed E-state index contributed by atoms with van der Waals surface area (Å²) in [7, 11) is 0. The first kappa shape index (κ1) is 18.5. The first-order valence-electron chi connectivity index (χ1n) is 8.58. The monoisotopic (exact) mass is 429 g/mol. The van der Waals surface area contributed by atoms with Crippen LogP contribution in [0.25, 0.3) is 0 Å².